The van der Waals surface area contributed by atoms with Crippen molar-refractivity contribution in [3.05, 3.63) is 57.6 Å². The fourth-order valence-electron chi connectivity index (χ4n) is 2.85. The number of amides is 2. The summed E-state index contributed by atoms with van der Waals surface area (Å²) in [4.78, 5) is 35.9. The average Bonchev–Trinajstić information content (AvgIpc) is 2.98. The topological polar surface area (TPSA) is 107 Å². The van der Waals surface area contributed by atoms with Gasteiger partial charge in [-0.2, -0.15) is 0 Å². The number of anilines is 1. The number of benzene rings is 1. The molecule has 0 unspecified atom stereocenters. The van der Waals surface area contributed by atoms with Gasteiger partial charge in [-0.1, -0.05) is 0 Å². The standard InChI is InChI=1S/C16H11N3O4/c1-7-4-8-5-9(2-3-11(8)23-7)19-12(20)6-10-13(14(19)17)16(22)18-15(10)21/h2-6H,17H2,1H3,(H,18,21,22). The summed E-state index contributed by atoms with van der Waals surface area (Å²) in [5.41, 5.74) is 6.73. The predicted octanol–water partition coefficient (Wildman–Crippen LogP) is 1.36. The van der Waals surface area contributed by atoms with Crippen molar-refractivity contribution in [2.45, 2.75) is 6.92 Å². The monoisotopic (exact) mass is 309 g/mol. The van der Waals surface area contributed by atoms with Crippen LogP contribution >= 0.6 is 0 Å². The summed E-state index contributed by atoms with van der Waals surface area (Å²) in [5, 5.41) is 2.95. The lowest BCUT2D eigenvalue weighted by molar-refractivity contribution is 0.0880. The van der Waals surface area contributed by atoms with Crippen molar-refractivity contribution in [3.8, 4) is 5.69 Å². The predicted molar refractivity (Wildman–Crippen MR) is 82.8 cm³/mol. The van der Waals surface area contributed by atoms with E-state index in [1.165, 1.54) is 4.57 Å². The van der Waals surface area contributed by atoms with Gasteiger partial charge in [0, 0.05) is 11.5 Å². The average molecular weight is 309 g/mol. The van der Waals surface area contributed by atoms with Crippen LogP contribution in [0.3, 0.4) is 0 Å². The molecule has 1 aliphatic rings. The summed E-state index contributed by atoms with van der Waals surface area (Å²) in [6.45, 7) is 1.82. The number of carbonyl (C=O) groups excluding carboxylic acids is 2. The molecular formula is C16H11N3O4. The first-order valence-electron chi connectivity index (χ1n) is 6.87. The molecule has 0 aliphatic carbocycles. The maximum Gasteiger partial charge on any atom is 0.262 e. The number of nitrogen functional groups attached to an aromatic ring is 1. The Balaban J connectivity index is 2.01. The third kappa shape index (κ3) is 1.80. The molecule has 2 amide bonds. The van der Waals surface area contributed by atoms with E-state index in [4.69, 9.17) is 10.2 Å². The molecule has 7 heteroatoms. The van der Waals surface area contributed by atoms with Gasteiger partial charge in [0.1, 0.15) is 17.2 Å². The second kappa shape index (κ2) is 4.33. The Kier molecular flexibility index (Phi) is 2.51. The number of nitrogens with two attached hydrogens (primary N) is 1. The number of hydrogen-bond donors (Lipinski definition) is 2. The second-order valence-electron chi connectivity index (χ2n) is 5.35. The molecule has 3 N–H and O–H groups in total. The zero-order valence-corrected chi connectivity index (χ0v) is 12.0. The Bertz CT molecular complexity index is 1070. The molecule has 0 saturated carbocycles. The summed E-state index contributed by atoms with van der Waals surface area (Å²) in [7, 11) is 0. The van der Waals surface area contributed by atoms with E-state index >= 15 is 0 Å². The summed E-state index contributed by atoms with van der Waals surface area (Å²) < 4.78 is 6.70. The van der Waals surface area contributed by atoms with Gasteiger partial charge < -0.3 is 10.2 Å². The van der Waals surface area contributed by atoms with Crippen LogP contribution in [0.2, 0.25) is 0 Å². The Hall–Kier alpha value is -3.35. The number of hydrogen-bond acceptors (Lipinski definition) is 5. The number of furan rings is 1. The van der Waals surface area contributed by atoms with Gasteiger partial charge >= 0.3 is 0 Å². The molecule has 2 aromatic heterocycles. The highest BCUT2D eigenvalue weighted by atomic mass is 16.3. The number of nitrogens with zero attached hydrogens (tertiary/aromatic N) is 1. The zero-order chi connectivity index (χ0) is 16.3. The van der Waals surface area contributed by atoms with Crippen LogP contribution in [0.4, 0.5) is 5.82 Å². The van der Waals surface area contributed by atoms with Gasteiger partial charge in [-0.3, -0.25) is 24.3 Å². The highest BCUT2D eigenvalue weighted by Crippen LogP contribution is 2.26. The summed E-state index contributed by atoms with van der Waals surface area (Å²) in [6.07, 6.45) is 0. The Morgan fingerprint density at radius 3 is 2.65 bits per heavy atom. The van der Waals surface area contributed by atoms with Crippen LogP contribution in [-0.4, -0.2) is 16.4 Å². The minimum Gasteiger partial charge on any atom is -0.461 e. The van der Waals surface area contributed by atoms with Crippen LogP contribution in [0, 0.1) is 6.92 Å². The first kappa shape index (κ1) is 13.3. The van der Waals surface area contributed by atoms with Gasteiger partial charge in [0.25, 0.3) is 17.4 Å². The molecule has 3 heterocycles. The van der Waals surface area contributed by atoms with Crippen LogP contribution in [0.1, 0.15) is 26.5 Å². The summed E-state index contributed by atoms with van der Waals surface area (Å²) in [5.74, 6) is -0.523. The van der Waals surface area contributed by atoms with Crippen LogP contribution in [0.25, 0.3) is 16.7 Å². The second-order valence-corrected chi connectivity index (χ2v) is 5.35. The van der Waals surface area contributed by atoms with E-state index in [1.807, 2.05) is 13.0 Å². The molecule has 23 heavy (non-hydrogen) atoms. The molecule has 7 nitrogen and oxygen atoms in total. The van der Waals surface area contributed by atoms with E-state index in [2.05, 4.69) is 5.32 Å². The van der Waals surface area contributed by atoms with Gasteiger partial charge in [-0.05, 0) is 31.2 Å². The van der Waals surface area contributed by atoms with Crippen molar-refractivity contribution in [1.29, 1.82) is 0 Å². The largest absolute Gasteiger partial charge is 0.461 e. The lowest BCUT2D eigenvalue weighted by Crippen LogP contribution is -2.24. The molecule has 4 rings (SSSR count). The van der Waals surface area contributed by atoms with E-state index in [-0.39, 0.29) is 16.9 Å². The molecule has 1 aromatic carbocycles. The highest BCUT2D eigenvalue weighted by Gasteiger charge is 2.31. The van der Waals surface area contributed by atoms with Crippen molar-refractivity contribution in [2.24, 2.45) is 0 Å². The molecule has 3 aromatic rings. The number of pyridine rings is 1. The normalized spacial score (nSPS) is 13.4. The van der Waals surface area contributed by atoms with Crippen molar-refractivity contribution < 1.29 is 14.0 Å². The van der Waals surface area contributed by atoms with Crippen LogP contribution in [0.15, 0.2) is 39.5 Å². The van der Waals surface area contributed by atoms with Gasteiger partial charge in [0.15, 0.2) is 0 Å². The lowest BCUT2D eigenvalue weighted by atomic mass is 10.1. The fraction of sp³-hybridized carbons (Fsp3) is 0.0625. The van der Waals surface area contributed by atoms with Crippen molar-refractivity contribution in [1.82, 2.24) is 9.88 Å². The van der Waals surface area contributed by atoms with Gasteiger partial charge in [0.05, 0.1) is 16.8 Å². The SMILES string of the molecule is Cc1cc2cc(-n3c(N)c4c(cc3=O)C(=O)NC4=O)ccc2o1. The van der Waals surface area contributed by atoms with E-state index < -0.39 is 17.4 Å². The number of aryl methyl sites for hydroxylation is 1. The third-order valence-corrected chi connectivity index (χ3v) is 3.83. The van der Waals surface area contributed by atoms with E-state index in [1.54, 1.807) is 18.2 Å². The Labute approximate surface area is 129 Å². The molecule has 0 radical (unpaired) electrons. The summed E-state index contributed by atoms with van der Waals surface area (Å²) in [6, 6.07) is 8.09. The number of fused-ring (bicyclic) bond motifs is 2. The van der Waals surface area contributed by atoms with Crippen LogP contribution in [-0.2, 0) is 0 Å². The first-order valence-corrected chi connectivity index (χ1v) is 6.87. The molecule has 0 bridgehead atoms. The number of imide groups is 1. The van der Waals surface area contributed by atoms with E-state index in [0.29, 0.717) is 11.3 Å². The highest BCUT2D eigenvalue weighted by molar-refractivity contribution is 6.23. The van der Waals surface area contributed by atoms with E-state index in [0.717, 1.165) is 17.2 Å². The number of nitrogens with one attached hydrogen (secondary N) is 1. The van der Waals surface area contributed by atoms with Crippen molar-refractivity contribution >= 4 is 28.6 Å². The molecule has 1 aliphatic heterocycles. The maximum absolute atomic E-state index is 12.4. The molecule has 0 spiro atoms. The zero-order valence-electron chi connectivity index (χ0n) is 12.0. The van der Waals surface area contributed by atoms with E-state index in [9.17, 15) is 14.4 Å². The fourth-order valence-corrected chi connectivity index (χ4v) is 2.85. The number of rotatable bonds is 1. The Morgan fingerprint density at radius 2 is 1.87 bits per heavy atom. The molecule has 114 valence electrons. The number of carbonyl (C=O) groups is 2. The molecular weight excluding hydrogens is 298 g/mol. The smallest absolute Gasteiger partial charge is 0.262 e. The maximum atomic E-state index is 12.4. The molecule has 0 atom stereocenters. The van der Waals surface area contributed by atoms with Gasteiger partial charge in [-0.15, -0.1) is 0 Å². The third-order valence-electron chi connectivity index (χ3n) is 3.83. The molecule has 0 saturated heterocycles. The quantitative estimate of drug-likeness (QED) is 0.660. The minimum atomic E-state index is -0.609. The lowest BCUT2D eigenvalue weighted by Gasteiger charge is -2.11. The molecule has 0 fully saturated rings. The van der Waals surface area contributed by atoms with Gasteiger partial charge in [-0.25, -0.2) is 0 Å². The summed E-state index contributed by atoms with van der Waals surface area (Å²) >= 11 is 0. The van der Waals surface area contributed by atoms with Crippen molar-refractivity contribution in [3.63, 3.8) is 0 Å². The first-order chi connectivity index (χ1) is 11.0. The van der Waals surface area contributed by atoms with Crippen LogP contribution in [0.5, 0.6) is 0 Å². The van der Waals surface area contributed by atoms with Crippen molar-refractivity contribution in [2.75, 3.05) is 5.73 Å². The minimum absolute atomic E-state index is 0.00832. The van der Waals surface area contributed by atoms with Crippen LogP contribution < -0.4 is 16.6 Å². The Morgan fingerprint density at radius 1 is 1.09 bits per heavy atom. The van der Waals surface area contributed by atoms with Gasteiger partial charge in [0.2, 0.25) is 0 Å². The number of aromatic nitrogens is 1.